The van der Waals surface area contributed by atoms with Crippen LogP contribution in [0.25, 0.3) is 33.2 Å². The molecule has 0 spiro atoms. The Morgan fingerprint density at radius 1 is 0.857 bits per heavy atom. The number of carbonyl (C=O) groups excluding carboxylic acids is 1. The molecule has 0 bridgehead atoms. The van der Waals surface area contributed by atoms with Crippen LogP contribution >= 0.6 is 0 Å². The molecule has 0 aliphatic heterocycles. The van der Waals surface area contributed by atoms with Crippen LogP contribution in [0.1, 0.15) is 15.9 Å². The van der Waals surface area contributed by atoms with E-state index in [0.29, 0.717) is 16.6 Å². The Kier molecular flexibility index (Phi) is 3.72. The third kappa shape index (κ3) is 2.65. The first kappa shape index (κ1) is 16.3. The van der Waals surface area contributed by atoms with Crippen molar-refractivity contribution >= 4 is 27.8 Å². The second-order valence-corrected chi connectivity index (χ2v) is 6.74. The zero-order valence-electron chi connectivity index (χ0n) is 15.2. The van der Waals surface area contributed by atoms with Gasteiger partial charge in [0.1, 0.15) is 5.52 Å². The number of aryl methyl sites for hydroxylation is 1. The van der Waals surface area contributed by atoms with Crippen LogP contribution in [0.15, 0.2) is 78.9 Å². The molecule has 0 amide bonds. The smallest absolute Gasteiger partial charge is 0.267 e. The topological polar surface area (TPSA) is 60.7 Å². The highest BCUT2D eigenvalue weighted by atomic mass is 16.2. The Balaban J connectivity index is 1.75. The first-order valence-electron chi connectivity index (χ1n) is 9.03. The van der Waals surface area contributed by atoms with E-state index >= 15 is 0 Å². The number of hydrogen-bond donors (Lipinski definition) is 0. The van der Waals surface area contributed by atoms with E-state index in [-0.39, 0.29) is 5.91 Å². The van der Waals surface area contributed by atoms with Gasteiger partial charge in [0, 0.05) is 10.9 Å². The molecule has 0 saturated heterocycles. The number of benzene rings is 3. The average molecular weight is 364 g/mol. The molecule has 5 heteroatoms. The number of carbonyl (C=O) groups is 1. The highest BCUT2D eigenvalue weighted by Crippen LogP contribution is 2.26. The van der Waals surface area contributed by atoms with E-state index in [4.69, 9.17) is 4.98 Å². The first-order valence-corrected chi connectivity index (χ1v) is 9.03. The van der Waals surface area contributed by atoms with Crippen LogP contribution in [-0.2, 0) is 0 Å². The van der Waals surface area contributed by atoms with Crippen LogP contribution in [0, 0.1) is 6.92 Å². The van der Waals surface area contributed by atoms with Crippen molar-refractivity contribution in [2.24, 2.45) is 0 Å². The molecule has 0 aliphatic carbocycles. The summed E-state index contributed by atoms with van der Waals surface area (Å²) in [5.41, 5.74) is 5.58. The van der Waals surface area contributed by atoms with Crippen LogP contribution in [0.3, 0.4) is 0 Å². The standard InChI is InChI=1S/C23H16N4O/c1-15-7-6-8-16(13-15)21-14-18(17-9-2-3-10-19(17)24-21)23(28)27-22-12-5-4-11-20(22)25-26-27/h2-14H,1H3. The van der Waals surface area contributed by atoms with E-state index < -0.39 is 0 Å². The summed E-state index contributed by atoms with van der Waals surface area (Å²) in [6.07, 6.45) is 0. The van der Waals surface area contributed by atoms with Gasteiger partial charge in [-0.1, -0.05) is 59.3 Å². The number of para-hydroxylation sites is 2. The molecular weight excluding hydrogens is 348 g/mol. The molecule has 0 saturated carbocycles. The Labute approximate surface area is 161 Å². The lowest BCUT2D eigenvalue weighted by Gasteiger charge is -2.10. The molecule has 0 radical (unpaired) electrons. The van der Waals surface area contributed by atoms with E-state index in [2.05, 4.69) is 16.4 Å². The minimum absolute atomic E-state index is 0.221. The van der Waals surface area contributed by atoms with Crippen LogP contribution in [0.5, 0.6) is 0 Å². The largest absolute Gasteiger partial charge is 0.280 e. The summed E-state index contributed by atoms with van der Waals surface area (Å²) in [5, 5.41) is 9.00. The zero-order chi connectivity index (χ0) is 19.1. The number of fused-ring (bicyclic) bond motifs is 2. The van der Waals surface area contributed by atoms with Crippen molar-refractivity contribution in [1.29, 1.82) is 0 Å². The van der Waals surface area contributed by atoms with E-state index in [1.807, 2.05) is 79.7 Å². The molecule has 5 rings (SSSR count). The van der Waals surface area contributed by atoms with Crippen molar-refractivity contribution in [3.8, 4) is 11.3 Å². The van der Waals surface area contributed by atoms with Crippen molar-refractivity contribution in [3.63, 3.8) is 0 Å². The fourth-order valence-electron chi connectivity index (χ4n) is 3.44. The summed E-state index contributed by atoms with van der Waals surface area (Å²) < 4.78 is 1.36. The molecule has 0 unspecified atom stereocenters. The van der Waals surface area contributed by atoms with Gasteiger partial charge in [0.2, 0.25) is 0 Å². The number of pyridine rings is 1. The van der Waals surface area contributed by atoms with Gasteiger partial charge < -0.3 is 0 Å². The van der Waals surface area contributed by atoms with Crippen molar-refractivity contribution < 1.29 is 4.79 Å². The van der Waals surface area contributed by atoms with Gasteiger partial charge in [-0.3, -0.25) is 4.79 Å². The van der Waals surface area contributed by atoms with Gasteiger partial charge in [-0.05, 0) is 37.3 Å². The lowest BCUT2D eigenvalue weighted by molar-refractivity contribution is 0.0949. The minimum Gasteiger partial charge on any atom is -0.267 e. The van der Waals surface area contributed by atoms with Gasteiger partial charge >= 0.3 is 0 Å². The molecule has 0 N–H and O–H groups in total. The van der Waals surface area contributed by atoms with Gasteiger partial charge in [0.25, 0.3) is 5.91 Å². The Bertz CT molecular complexity index is 1350. The highest BCUT2D eigenvalue weighted by Gasteiger charge is 2.18. The summed E-state index contributed by atoms with van der Waals surface area (Å²) in [7, 11) is 0. The van der Waals surface area contributed by atoms with E-state index in [9.17, 15) is 4.79 Å². The minimum atomic E-state index is -0.221. The molecule has 2 aromatic heterocycles. The van der Waals surface area contributed by atoms with E-state index in [1.165, 1.54) is 4.68 Å². The first-order chi connectivity index (χ1) is 13.7. The lowest BCUT2D eigenvalue weighted by atomic mass is 10.0. The Morgan fingerprint density at radius 2 is 1.64 bits per heavy atom. The molecule has 5 nitrogen and oxygen atoms in total. The van der Waals surface area contributed by atoms with Gasteiger partial charge in [-0.25, -0.2) is 4.98 Å². The number of nitrogens with zero attached hydrogens (tertiary/aromatic N) is 4. The predicted octanol–water partition coefficient (Wildman–Crippen LogP) is 4.64. The SMILES string of the molecule is Cc1cccc(-c2cc(C(=O)n3nnc4ccccc43)c3ccccc3n2)c1. The molecule has 0 aliphatic rings. The zero-order valence-corrected chi connectivity index (χ0v) is 15.2. The maximum Gasteiger partial charge on any atom is 0.280 e. The maximum atomic E-state index is 13.4. The lowest BCUT2D eigenvalue weighted by Crippen LogP contribution is -2.14. The molecule has 2 heterocycles. The van der Waals surface area contributed by atoms with Crippen molar-refractivity contribution in [2.75, 3.05) is 0 Å². The number of hydrogen-bond acceptors (Lipinski definition) is 4. The second-order valence-electron chi connectivity index (χ2n) is 6.74. The fraction of sp³-hybridized carbons (Fsp3) is 0.0435. The highest BCUT2D eigenvalue weighted by molar-refractivity contribution is 6.09. The summed E-state index contributed by atoms with van der Waals surface area (Å²) in [4.78, 5) is 18.2. The normalized spacial score (nSPS) is 11.2. The quantitative estimate of drug-likeness (QED) is 0.458. The average Bonchev–Trinajstić information content (AvgIpc) is 3.16. The van der Waals surface area contributed by atoms with Crippen LogP contribution < -0.4 is 0 Å². The number of rotatable bonds is 2. The molecule has 0 fully saturated rings. The Hall–Kier alpha value is -3.86. The monoisotopic (exact) mass is 364 g/mol. The van der Waals surface area contributed by atoms with Crippen LogP contribution in [-0.4, -0.2) is 25.9 Å². The van der Waals surface area contributed by atoms with Gasteiger partial charge in [0.15, 0.2) is 0 Å². The molecule has 5 aromatic rings. The summed E-state index contributed by atoms with van der Waals surface area (Å²) in [6, 6.07) is 25.1. The maximum absolute atomic E-state index is 13.4. The van der Waals surface area contributed by atoms with Gasteiger partial charge in [0.05, 0.1) is 22.3 Å². The fourth-order valence-corrected chi connectivity index (χ4v) is 3.44. The van der Waals surface area contributed by atoms with Crippen molar-refractivity contribution in [2.45, 2.75) is 6.92 Å². The molecular formula is C23H16N4O. The Morgan fingerprint density at radius 3 is 2.50 bits per heavy atom. The van der Waals surface area contributed by atoms with Crippen LogP contribution in [0.4, 0.5) is 0 Å². The van der Waals surface area contributed by atoms with Gasteiger partial charge in [-0.2, -0.15) is 4.68 Å². The van der Waals surface area contributed by atoms with E-state index in [0.717, 1.165) is 27.7 Å². The molecule has 0 atom stereocenters. The summed E-state index contributed by atoms with van der Waals surface area (Å²) >= 11 is 0. The summed E-state index contributed by atoms with van der Waals surface area (Å²) in [5.74, 6) is -0.221. The third-order valence-corrected chi connectivity index (χ3v) is 4.80. The van der Waals surface area contributed by atoms with E-state index in [1.54, 1.807) is 0 Å². The van der Waals surface area contributed by atoms with Crippen LogP contribution in [0.2, 0.25) is 0 Å². The number of aromatic nitrogens is 4. The van der Waals surface area contributed by atoms with Gasteiger partial charge in [-0.15, -0.1) is 5.10 Å². The second kappa shape index (κ2) is 6.39. The predicted molar refractivity (Wildman–Crippen MR) is 109 cm³/mol. The van der Waals surface area contributed by atoms with Crippen molar-refractivity contribution in [3.05, 3.63) is 90.0 Å². The molecule has 134 valence electrons. The third-order valence-electron chi connectivity index (χ3n) is 4.80. The summed E-state index contributed by atoms with van der Waals surface area (Å²) in [6.45, 7) is 2.04. The molecule has 28 heavy (non-hydrogen) atoms. The van der Waals surface area contributed by atoms with Crippen molar-refractivity contribution in [1.82, 2.24) is 20.0 Å². The molecule has 3 aromatic carbocycles.